The predicted octanol–water partition coefficient (Wildman–Crippen LogP) is 1.58. The molecule has 2 unspecified atom stereocenters. The van der Waals surface area contributed by atoms with Crippen molar-refractivity contribution in [1.82, 2.24) is 20.7 Å². The van der Waals surface area contributed by atoms with Crippen molar-refractivity contribution in [2.24, 2.45) is 15.7 Å². The molecule has 0 amide bonds. The summed E-state index contributed by atoms with van der Waals surface area (Å²) in [6.45, 7) is 3.21. The zero-order valence-corrected chi connectivity index (χ0v) is 18.5. The molecule has 2 aliphatic heterocycles. The zero-order valence-electron chi connectivity index (χ0n) is 18.5. The summed E-state index contributed by atoms with van der Waals surface area (Å²) < 4.78 is 10.8. The molecule has 2 aliphatic rings. The van der Waals surface area contributed by atoms with Crippen LogP contribution in [-0.2, 0) is 5.79 Å². The van der Waals surface area contributed by atoms with Crippen LogP contribution >= 0.6 is 0 Å². The van der Waals surface area contributed by atoms with Crippen molar-refractivity contribution in [3.05, 3.63) is 36.2 Å². The van der Waals surface area contributed by atoms with Gasteiger partial charge in [0, 0.05) is 24.0 Å². The Kier molecular flexibility index (Phi) is 6.96. The van der Waals surface area contributed by atoms with Crippen LogP contribution in [0.4, 0.5) is 0 Å². The normalized spacial score (nSPS) is 22.7. The lowest BCUT2D eigenvalue weighted by atomic mass is 10.1. The maximum absolute atomic E-state index is 6.65. The van der Waals surface area contributed by atoms with Crippen LogP contribution in [0.25, 0.3) is 0 Å². The third-order valence-corrected chi connectivity index (χ3v) is 5.17. The Labute approximate surface area is 178 Å². The molecule has 0 aromatic heterocycles. The summed E-state index contributed by atoms with van der Waals surface area (Å²) in [5, 5.41) is 5.03. The summed E-state index contributed by atoms with van der Waals surface area (Å²) >= 11 is 0. The summed E-state index contributed by atoms with van der Waals surface area (Å²) in [6, 6.07) is 5.72. The molecule has 2 atom stereocenters. The molecular formula is C21H33N7O2. The highest BCUT2D eigenvalue weighted by molar-refractivity contribution is 6.41. The van der Waals surface area contributed by atoms with Crippen molar-refractivity contribution in [1.29, 1.82) is 0 Å². The molecule has 0 aliphatic carbocycles. The number of nitrogens with zero attached hydrogens (tertiary/aromatic N) is 4. The van der Waals surface area contributed by atoms with Crippen molar-refractivity contribution >= 4 is 11.7 Å². The number of nitrogens with one attached hydrogen (secondary N) is 2. The molecule has 9 heteroatoms. The summed E-state index contributed by atoms with van der Waals surface area (Å²) in [5.41, 5.74) is 10.6. The number of hydrogen-bond acceptors (Lipinski definition) is 8. The number of hydrogen-bond donors (Lipinski definition) is 3. The van der Waals surface area contributed by atoms with Crippen molar-refractivity contribution in [2.75, 3.05) is 34.9 Å². The number of rotatable bonds is 9. The smallest absolute Gasteiger partial charge is 0.208 e. The van der Waals surface area contributed by atoms with E-state index in [4.69, 9.17) is 25.2 Å². The number of hydrazine groups is 1. The Balaban J connectivity index is 1.87. The molecule has 2 heterocycles. The highest BCUT2D eigenvalue weighted by atomic mass is 16.5. The SMILES string of the molecule is CCC(CCCN(C)C)N=C1NC=CN2NC(N)(c3cc(OC)cc(OC)c3)N=C12. The van der Waals surface area contributed by atoms with Gasteiger partial charge in [0.05, 0.1) is 20.3 Å². The molecule has 0 bridgehead atoms. The minimum absolute atomic E-state index is 0.216. The Morgan fingerprint density at radius 1 is 1.23 bits per heavy atom. The lowest BCUT2D eigenvalue weighted by Gasteiger charge is -2.26. The van der Waals surface area contributed by atoms with Crippen molar-refractivity contribution < 1.29 is 9.47 Å². The van der Waals surface area contributed by atoms with Gasteiger partial charge >= 0.3 is 0 Å². The van der Waals surface area contributed by atoms with Gasteiger partial charge in [0.2, 0.25) is 5.79 Å². The van der Waals surface area contributed by atoms with Gasteiger partial charge in [0.15, 0.2) is 11.7 Å². The third kappa shape index (κ3) is 4.92. The van der Waals surface area contributed by atoms with Crippen molar-refractivity contribution in [3.63, 3.8) is 0 Å². The van der Waals surface area contributed by atoms with Crippen LogP contribution in [0.3, 0.4) is 0 Å². The monoisotopic (exact) mass is 415 g/mol. The van der Waals surface area contributed by atoms with Gasteiger partial charge in [-0.3, -0.25) is 15.7 Å². The topological polar surface area (TPSA) is 99.7 Å². The molecule has 0 saturated carbocycles. The summed E-state index contributed by atoms with van der Waals surface area (Å²) in [4.78, 5) is 11.9. The second kappa shape index (κ2) is 9.46. The van der Waals surface area contributed by atoms with E-state index >= 15 is 0 Å². The van der Waals surface area contributed by atoms with Crippen molar-refractivity contribution in [2.45, 2.75) is 38.0 Å². The molecule has 164 valence electrons. The minimum atomic E-state index is -1.17. The van der Waals surface area contributed by atoms with E-state index in [1.807, 2.05) is 24.5 Å². The van der Waals surface area contributed by atoms with Crippen LogP contribution in [0.1, 0.15) is 31.7 Å². The van der Waals surface area contributed by atoms with E-state index in [1.165, 1.54) is 0 Å². The van der Waals surface area contributed by atoms with E-state index in [0.717, 1.165) is 31.4 Å². The largest absolute Gasteiger partial charge is 0.497 e. The molecule has 1 aromatic carbocycles. The number of nitrogens with two attached hydrogens (primary N) is 1. The van der Waals surface area contributed by atoms with Crippen LogP contribution in [0.5, 0.6) is 11.5 Å². The van der Waals surface area contributed by atoms with Crippen LogP contribution in [0.15, 0.2) is 40.6 Å². The standard InChI is InChI=1S/C21H33N7O2/c1-6-16(8-7-10-27(2)3)24-19-20-25-21(22,26-28(20)11-9-23-19)15-12-17(29-4)14-18(13-15)30-5/h9,11-14,16,26H,6-8,10,22H2,1-5H3,(H,23,24). The molecule has 30 heavy (non-hydrogen) atoms. The molecule has 0 fully saturated rings. The average molecular weight is 416 g/mol. The first kappa shape index (κ1) is 22.1. The molecule has 1 aromatic rings. The fraction of sp³-hybridized carbons (Fsp3) is 0.524. The van der Waals surface area contributed by atoms with Crippen LogP contribution in [0.2, 0.25) is 0 Å². The average Bonchev–Trinajstić information content (AvgIpc) is 3.10. The highest BCUT2D eigenvalue weighted by Crippen LogP contribution is 2.31. The second-order valence-corrected chi connectivity index (χ2v) is 7.73. The van der Waals surface area contributed by atoms with E-state index in [-0.39, 0.29) is 6.04 Å². The lowest BCUT2D eigenvalue weighted by molar-refractivity contribution is 0.271. The highest BCUT2D eigenvalue weighted by Gasteiger charge is 2.40. The Morgan fingerprint density at radius 3 is 2.53 bits per heavy atom. The van der Waals surface area contributed by atoms with Gasteiger partial charge in [-0.05, 0) is 52.0 Å². The maximum atomic E-state index is 6.65. The quantitative estimate of drug-likeness (QED) is 0.563. The van der Waals surface area contributed by atoms with Crippen molar-refractivity contribution in [3.8, 4) is 11.5 Å². The van der Waals surface area contributed by atoms with E-state index < -0.39 is 5.79 Å². The second-order valence-electron chi connectivity index (χ2n) is 7.73. The van der Waals surface area contributed by atoms with Gasteiger partial charge in [-0.15, -0.1) is 0 Å². The molecule has 3 rings (SSSR count). The van der Waals surface area contributed by atoms with Gasteiger partial charge in [-0.1, -0.05) is 6.92 Å². The number of methoxy groups -OCH3 is 2. The number of aliphatic imine (C=N–C) groups is 2. The molecule has 9 nitrogen and oxygen atoms in total. The van der Waals surface area contributed by atoms with E-state index in [9.17, 15) is 0 Å². The van der Waals surface area contributed by atoms with Gasteiger partial charge in [0.25, 0.3) is 0 Å². The Morgan fingerprint density at radius 2 is 1.93 bits per heavy atom. The maximum Gasteiger partial charge on any atom is 0.208 e. The molecule has 0 saturated heterocycles. The first-order chi connectivity index (χ1) is 14.4. The van der Waals surface area contributed by atoms with Gasteiger partial charge in [-0.2, -0.15) is 5.43 Å². The fourth-order valence-corrected chi connectivity index (χ4v) is 3.45. The van der Waals surface area contributed by atoms with E-state index in [1.54, 1.807) is 25.3 Å². The van der Waals surface area contributed by atoms with Crippen LogP contribution < -0.4 is 25.9 Å². The van der Waals surface area contributed by atoms with Crippen LogP contribution in [-0.4, -0.2) is 62.5 Å². The molecule has 0 spiro atoms. The molecular weight excluding hydrogens is 382 g/mol. The van der Waals surface area contributed by atoms with Gasteiger partial charge in [0.1, 0.15) is 11.5 Å². The third-order valence-electron chi connectivity index (χ3n) is 5.17. The van der Waals surface area contributed by atoms with E-state index in [2.05, 4.69) is 36.7 Å². The first-order valence-electron chi connectivity index (χ1n) is 10.2. The Hall–Kier alpha value is -2.62. The lowest BCUT2D eigenvalue weighted by Crippen LogP contribution is -2.52. The summed E-state index contributed by atoms with van der Waals surface area (Å²) in [5.74, 6) is 1.50. The Bertz CT molecular complexity index is 814. The van der Waals surface area contributed by atoms with Gasteiger partial charge < -0.3 is 19.7 Å². The number of ether oxygens (including phenoxy) is 2. The number of fused-ring (bicyclic) bond motifs is 1. The fourth-order valence-electron chi connectivity index (χ4n) is 3.45. The van der Waals surface area contributed by atoms with Crippen LogP contribution in [0, 0.1) is 0 Å². The molecule has 4 N–H and O–H groups in total. The zero-order chi connectivity index (χ0) is 21.7. The number of amidine groups is 2. The predicted molar refractivity (Wildman–Crippen MR) is 119 cm³/mol. The van der Waals surface area contributed by atoms with Gasteiger partial charge in [-0.25, -0.2) is 4.99 Å². The summed E-state index contributed by atoms with van der Waals surface area (Å²) in [7, 11) is 7.40. The molecule has 0 radical (unpaired) electrons. The summed E-state index contributed by atoms with van der Waals surface area (Å²) in [6.07, 6.45) is 6.75. The van der Waals surface area contributed by atoms with E-state index in [0.29, 0.717) is 23.2 Å². The minimum Gasteiger partial charge on any atom is -0.497 e. The first-order valence-corrected chi connectivity index (χ1v) is 10.2. The number of benzene rings is 1.